The number of halogens is 5. The molecule has 3 aromatic carbocycles. The van der Waals surface area contributed by atoms with Crippen molar-refractivity contribution < 1.29 is 42.1 Å². The molecule has 1 unspecified atom stereocenters. The molecule has 1 aliphatic heterocycles. The highest BCUT2D eigenvalue weighted by Gasteiger charge is 2.43. The van der Waals surface area contributed by atoms with E-state index in [1.54, 1.807) is 18.2 Å². The molecule has 2 heterocycles. The number of fused-ring (bicyclic) bond motifs is 1. The van der Waals surface area contributed by atoms with Crippen molar-refractivity contribution in [1.82, 2.24) is 14.5 Å². The molecule has 4 aromatic rings. The quantitative estimate of drug-likeness (QED) is 0.225. The normalized spacial score (nSPS) is 14.0. The Kier molecular flexibility index (Phi) is 10.1. The van der Waals surface area contributed by atoms with Crippen LogP contribution in [-0.2, 0) is 37.6 Å². The maximum Gasteiger partial charge on any atom is 0.495 e. The van der Waals surface area contributed by atoms with Crippen molar-refractivity contribution in [2.24, 2.45) is 7.05 Å². The Bertz CT molecular complexity index is 1990. The minimum atomic E-state index is -5.46. The third-order valence-corrected chi connectivity index (χ3v) is 8.11. The summed E-state index contributed by atoms with van der Waals surface area (Å²) >= 11 is 12.1. The van der Waals surface area contributed by atoms with E-state index in [0.29, 0.717) is 37.4 Å². The maximum absolute atomic E-state index is 13.5. The first-order valence-electron chi connectivity index (χ1n) is 14.2. The number of morpholine rings is 1. The van der Waals surface area contributed by atoms with Gasteiger partial charge in [-0.25, -0.2) is 28.7 Å². The first kappa shape index (κ1) is 34.5. The zero-order valence-corrected chi connectivity index (χ0v) is 26.4. The van der Waals surface area contributed by atoms with Gasteiger partial charge >= 0.3 is 23.8 Å². The second-order valence-corrected chi connectivity index (χ2v) is 11.4. The van der Waals surface area contributed by atoms with Crippen LogP contribution in [0.15, 0.2) is 70.3 Å². The Hall–Kier alpha value is -4.86. The lowest BCUT2D eigenvalue weighted by Gasteiger charge is -2.29. The molecule has 0 saturated carbocycles. The number of carbonyl (C=O) groups excluding carboxylic acids is 3. The summed E-state index contributed by atoms with van der Waals surface area (Å²) in [5.74, 6) is -5.32. The number of hydrogen-bond acceptors (Lipinski definition) is 9. The molecule has 0 radical (unpaired) electrons. The number of aryl methyl sites for hydroxylation is 1. The van der Waals surface area contributed by atoms with Gasteiger partial charge in [-0.05, 0) is 48.0 Å². The van der Waals surface area contributed by atoms with Crippen LogP contribution >= 0.6 is 23.2 Å². The summed E-state index contributed by atoms with van der Waals surface area (Å²) in [7, 11) is 1.54. The van der Waals surface area contributed by atoms with E-state index in [-0.39, 0.29) is 26.7 Å². The summed E-state index contributed by atoms with van der Waals surface area (Å²) in [6.07, 6.45) is -5.85. The Morgan fingerprint density at radius 3 is 2.19 bits per heavy atom. The predicted molar refractivity (Wildman–Crippen MR) is 167 cm³/mol. The second-order valence-electron chi connectivity index (χ2n) is 10.5. The van der Waals surface area contributed by atoms with Crippen LogP contribution < -0.4 is 21.5 Å². The molecule has 0 spiro atoms. The predicted octanol–water partition coefficient (Wildman–Crippen LogP) is 3.74. The molecule has 1 atom stereocenters. The number of nitrogens with one attached hydrogen (secondary N) is 1. The van der Waals surface area contributed by atoms with Crippen LogP contribution in [0.3, 0.4) is 0 Å². The Morgan fingerprint density at radius 2 is 1.56 bits per heavy atom. The van der Waals surface area contributed by atoms with Gasteiger partial charge in [0.2, 0.25) is 0 Å². The molecule has 5 rings (SSSR count). The van der Waals surface area contributed by atoms with E-state index in [2.05, 4.69) is 20.0 Å². The highest BCUT2D eigenvalue weighted by atomic mass is 35.5. The molecular weight excluding hydrogens is 684 g/mol. The molecule has 1 saturated heterocycles. The smallest absolute Gasteiger partial charge is 0.378 e. The number of amides is 1. The lowest BCUT2D eigenvalue weighted by Crippen LogP contribution is -2.44. The van der Waals surface area contributed by atoms with E-state index in [9.17, 15) is 37.1 Å². The standard InChI is InChI=1S/C31H25Cl2F3N4O8/c1-38-24-16-19(39-11-13-46-14-12-39)9-10-20(24)27(42)40(30(38)45)18-7-5-17(6-8-18)15-23(28(43)47-48-29(44)31(34,35)36)37-26(41)25-21(32)3-2-4-22(25)33/h2-10,16,23H,11-15H2,1H3,(H,37,41). The van der Waals surface area contributed by atoms with Crippen LogP contribution in [-0.4, -0.2) is 65.5 Å². The van der Waals surface area contributed by atoms with Gasteiger partial charge in [0.1, 0.15) is 6.04 Å². The molecule has 1 aliphatic rings. The first-order chi connectivity index (χ1) is 22.8. The number of carbonyl (C=O) groups is 3. The number of alkyl halides is 3. The van der Waals surface area contributed by atoms with Crippen LogP contribution in [0.4, 0.5) is 18.9 Å². The van der Waals surface area contributed by atoms with Crippen molar-refractivity contribution in [3.8, 4) is 5.69 Å². The van der Waals surface area contributed by atoms with Gasteiger partial charge in [0, 0.05) is 32.2 Å². The van der Waals surface area contributed by atoms with Crippen molar-refractivity contribution in [3.05, 3.63) is 103 Å². The lowest BCUT2D eigenvalue weighted by molar-refractivity contribution is -0.286. The minimum Gasteiger partial charge on any atom is -0.378 e. The molecule has 1 fully saturated rings. The van der Waals surface area contributed by atoms with Gasteiger partial charge < -0.3 is 15.0 Å². The van der Waals surface area contributed by atoms with Gasteiger partial charge in [-0.2, -0.15) is 13.2 Å². The van der Waals surface area contributed by atoms with Crippen LogP contribution in [0.5, 0.6) is 0 Å². The molecule has 0 bridgehead atoms. The Morgan fingerprint density at radius 1 is 0.938 bits per heavy atom. The SMILES string of the molecule is Cn1c(=O)n(-c2ccc(CC(NC(=O)c3c(Cl)cccc3Cl)C(=O)OOC(=O)C(F)(F)F)cc2)c(=O)c2ccc(N3CCOCC3)cc21. The van der Waals surface area contributed by atoms with E-state index >= 15 is 0 Å². The minimum absolute atomic E-state index is 0.0836. The summed E-state index contributed by atoms with van der Waals surface area (Å²) in [5, 5.41) is 2.39. The zero-order chi connectivity index (χ0) is 34.7. The monoisotopic (exact) mass is 708 g/mol. The third kappa shape index (κ3) is 7.32. The summed E-state index contributed by atoms with van der Waals surface area (Å²) in [5.41, 5.74) is 0.311. The summed E-state index contributed by atoms with van der Waals surface area (Å²) in [4.78, 5) is 73.5. The van der Waals surface area contributed by atoms with Crippen molar-refractivity contribution >= 4 is 57.6 Å². The van der Waals surface area contributed by atoms with Crippen molar-refractivity contribution in [3.63, 3.8) is 0 Å². The largest absolute Gasteiger partial charge is 0.495 e. The van der Waals surface area contributed by atoms with E-state index in [1.165, 1.54) is 54.1 Å². The van der Waals surface area contributed by atoms with E-state index in [4.69, 9.17) is 27.9 Å². The summed E-state index contributed by atoms with van der Waals surface area (Å²) < 4.78 is 45.5. The van der Waals surface area contributed by atoms with Gasteiger partial charge in [-0.1, -0.05) is 41.4 Å². The zero-order valence-electron chi connectivity index (χ0n) is 24.9. The number of hydrogen-bond donors (Lipinski definition) is 1. The molecule has 0 aliphatic carbocycles. The van der Waals surface area contributed by atoms with Crippen LogP contribution in [0.1, 0.15) is 15.9 Å². The molecule has 252 valence electrons. The number of aromatic nitrogens is 2. The van der Waals surface area contributed by atoms with Gasteiger partial charge in [0.15, 0.2) is 0 Å². The van der Waals surface area contributed by atoms with E-state index in [0.717, 1.165) is 10.3 Å². The fourth-order valence-electron chi connectivity index (χ4n) is 5.02. The number of ether oxygens (including phenoxy) is 1. The number of rotatable bonds is 7. The lowest BCUT2D eigenvalue weighted by atomic mass is 10.0. The molecular formula is C31H25Cl2F3N4O8. The molecule has 1 N–H and O–H groups in total. The average molecular weight is 709 g/mol. The van der Waals surface area contributed by atoms with Crippen molar-refractivity contribution in [2.75, 3.05) is 31.2 Å². The average Bonchev–Trinajstić information content (AvgIpc) is 3.06. The Labute approximate surface area is 279 Å². The second kappa shape index (κ2) is 14.1. The van der Waals surface area contributed by atoms with Crippen molar-refractivity contribution in [1.29, 1.82) is 0 Å². The summed E-state index contributed by atoms with van der Waals surface area (Å²) in [6.45, 7) is 2.45. The number of anilines is 1. The fraction of sp³-hybridized carbons (Fsp3) is 0.258. The first-order valence-corrected chi connectivity index (χ1v) is 14.9. The molecule has 17 heteroatoms. The van der Waals surface area contributed by atoms with Gasteiger partial charge in [-0.3, -0.25) is 14.2 Å². The van der Waals surface area contributed by atoms with Gasteiger partial charge in [0.05, 0.1) is 45.4 Å². The van der Waals surface area contributed by atoms with Crippen LogP contribution in [0.25, 0.3) is 16.6 Å². The number of nitrogens with zero attached hydrogens (tertiary/aromatic N) is 3. The fourth-order valence-corrected chi connectivity index (χ4v) is 5.59. The van der Waals surface area contributed by atoms with Gasteiger partial charge in [-0.15, -0.1) is 0 Å². The van der Waals surface area contributed by atoms with E-state index in [1.807, 2.05) is 0 Å². The highest BCUT2D eigenvalue weighted by Crippen LogP contribution is 2.25. The van der Waals surface area contributed by atoms with E-state index < -0.39 is 47.7 Å². The topological polar surface area (TPSA) is 138 Å². The maximum atomic E-state index is 13.5. The van der Waals surface area contributed by atoms with Gasteiger partial charge in [0.25, 0.3) is 11.5 Å². The van der Waals surface area contributed by atoms with Crippen molar-refractivity contribution in [2.45, 2.75) is 18.6 Å². The molecule has 48 heavy (non-hydrogen) atoms. The third-order valence-electron chi connectivity index (χ3n) is 7.48. The molecule has 1 aromatic heterocycles. The van der Waals surface area contributed by atoms with Crippen LogP contribution in [0, 0.1) is 0 Å². The molecule has 12 nitrogen and oxygen atoms in total. The number of benzene rings is 3. The molecule has 1 amide bonds. The van der Waals surface area contributed by atoms with Crippen LogP contribution in [0.2, 0.25) is 10.0 Å². The Balaban J connectivity index is 1.42. The summed E-state index contributed by atoms with van der Waals surface area (Å²) in [6, 6.07) is 13.3. The highest BCUT2D eigenvalue weighted by molar-refractivity contribution is 6.39.